The highest BCUT2D eigenvalue weighted by atomic mass is 16.4. The van der Waals surface area contributed by atoms with Crippen LogP contribution < -0.4 is 22.5 Å². The third kappa shape index (κ3) is 7.56. The van der Waals surface area contributed by atoms with Gasteiger partial charge in [0.05, 0.1) is 37.7 Å². The van der Waals surface area contributed by atoms with Gasteiger partial charge >= 0.3 is 11.4 Å². The van der Waals surface area contributed by atoms with Crippen molar-refractivity contribution >= 4 is 0 Å². The predicted molar refractivity (Wildman–Crippen MR) is 173 cm³/mol. The van der Waals surface area contributed by atoms with Crippen LogP contribution in [0.3, 0.4) is 0 Å². The van der Waals surface area contributed by atoms with Crippen molar-refractivity contribution in [2.45, 2.75) is 103 Å². The molecule has 8 N–H and O–H groups in total. The van der Waals surface area contributed by atoms with Crippen LogP contribution in [-0.2, 0) is 26.2 Å². The molecule has 0 unspecified atom stereocenters. The van der Waals surface area contributed by atoms with Crippen molar-refractivity contribution in [3.8, 4) is 23.0 Å². The molecular formula is C30H42N8O12. The molecule has 50 heavy (non-hydrogen) atoms. The molecule has 0 aromatic carbocycles. The molecule has 0 aromatic heterocycles. The molecular weight excluding hydrogens is 664 g/mol. The van der Waals surface area contributed by atoms with E-state index in [-0.39, 0.29) is 62.1 Å². The van der Waals surface area contributed by atoms with Crippen molar-refractivity contribution < 1.29 is 40.9 Å². The molecule has 6 atom stereocenters. The largest absolute Gasteiger partial charge is 0.394 e. The van der Waals surface area contributed by atoms with Gasteiger partial charge in [-0.05, 0) is 40.5 Å². The Morgan fingerprint density at radius 1 is 0.520 bits per heavy atom. The minimum atomic E-state index is -1.73. The lowest BCUT2D eigenvalue weighted by molar-refractivity contribution is -0.0807. The van der Waals surface area contributed by atoms with Gasteiger partial charge in [0.25, 0.3) is 11.1 Å². The van der Waals surface area contributed by atoms with Gasteiger partial charge in [-0.3, -0.25) is 18.7 Å². The van der Waals surface area contributed by atoms with Crippen molar-refractivity contribution in [3.05, 3.63) is 64.5 Å². The summed E-state index contributed by atoms with van der Waals surface area (Å²) in [5, 5.41) is 78.8. The molecule has 0 aromatic rings. The number of aliphatic hydroxyl groups excluding tert-OH is 8. The molecule has 0 saturated carbocycles. The topological polar surface area (TPSA) is 301 Å². The number of unbranched alkanes of at least 4 members (excludes halogenated alkanes) is 1. The number of rotatable bonds is 15. The van der Waals surface area contributed by atoms with E-state index in [1.807, 2.05) is 0 Å². The first-order valence-corrected chi connectivity index (χ1v) is 15.8. The van der Waals surface area contributed by atoms with Crippen LogP contribution in [0.25, 0.3) is 23.0 Å². The first-order chi connectivity index (χ1) is 23.5. The van der Waals surface area contributed by atoms with E-state index >= 15 is 0 Å². The fourth-order valence-electron chi connectivity index (χ4n) is 5.51. The van der Waals surface area contributed by atoms with Crippen molar-refractivity contribution in [2.24, 2.45) is 0 Å². The van der Waals surface area contributed by atoms with Crippen LogP contribution in [0.4, 0.5) is 0 Å². The van der Waals surface area contributed by atoms with Gasteiger partial charge in [-0.15, -0.1) is 0 Å². The normalized spacial score (nSPS) is 15.7. The second kappa shape index (κ2) is 15.7. The summed E-state index contributed by atoms with van der Waals surface area (Å²) >= 11 is 0. The molecule has 0 aliphatic carbocycles. The number of hydrogen-bond acceptors (Lipinski definition) is 16. The quantitative estimate of drug-likeness (QED) is 0.0537. The molecule has 20 heteroatoms. The Labute approximate surface area is 283 Å². The van der Waals surface area contributed by atoms with E-state index in [0.29, 0.717) is 22.8 Å². The second-order valence-corrected chi connectivity index (χ2v) is 12.2. The van der Waals surface area contributed by atoms with Gasteiger partial charge < -0.3 is 50.0 Å². The molecule has 0 saturated heterocycles. The Morgan fingerprint density at radius 3 is 1.18 bits per heavy atom. The van der Waals surface area contributed by atoms with Gasteiger partial charge in [0.1, 0.15) is 36.6 Å². The maximum atomic E-state index is 13.4. The summed E-state index contributed by atoms with van der Waals surface area (Å²) in [6, 6.07) is 0. The first-order valence-electron chi connectivity index (χ1n) is 15.8. The van der Waals surface area contributed by atoms with E-state index in [9.17, 15) is 49.8 Å². The number of aromatic nitrogens is 8. The van der Waals surface area contributed by atoms with Crippen LogP contribution in [0, 0.1) is 27.7 Å². The summed E-state index contributed by atoms with van der Waals surface area (Å²) < 4.78 is 4.33. The monoisotopic (exact) mass is 706 g/mol. The maximum Gasteiger partial charge on any atom is 0.352 e. The summed E-state index contributed by atoms with van der Waals surface area (Å²) in [5.74, 6) is -0.313. The van der Waals surface area contributed by atoms with E-state index < -0.39 is 72.3 Å². The maximum absolute atomic E-state index is 13.4. The van der Waals surface area contributed by atoms with Crippen molar-refractivity contribution in [2.75, 3.05) is 13.2 Å². The van der Waals surface area contributed by atoms with Crippen LogP contribution in [0.2, 0.25) is 0 Å². The number of nitrogens with zero attached hydrogens (tertiary/aromatic N) is 8. The van der Waals surface area contributed by atoms with E-state index in [0.717, 1.165) is 9.13 Å². The molecule has 274 valence electrons. The number of fused-ring (bicyclic) bond motifs is 2. The zero-order chi connectivity index (χ0) is 37.2. The average molecular weight is 707 g/mol. The van der Waals surface area contributed by atoms with Crippen LogP contribution in [0.1, 0.15) is 35.6 Å². The van der Waals surface area contributed by atoms with Crippen LogP contribution >= 0.6 is 0 Å². The Kier molecular flexibility index (Phi) is 12.1. The molecule has 20 nitrogen and oxygen atoms in total. The molecule has 0 bridgehead atoms. The summed E-state index contributed by atoms with van der Waals surface area (Å²) in [5.41, 5.74) is -2.23. The third-order valence-electron chi connectivity index (χ3n) is 8.82. The Hall–Kier alpha value is -4.28. The summed E-state index contributed by atoms with van der Waals surface area (Å²) in [4.78, 5) is 69.4. The highest BCUT2D eigenvalue weighted by molar-refractivity contribution is 5.51. The molecule has 4 rings (SSSR count). The van der Waals surface area contributed by atoms with Crippen molar-refractivity contribution in [3.63, 3.8) is 0 Å². The van der Waals surface area contributed by atoms with Gasteiger partial charge in [-0.25, -0.2) is 19.6 Å². The minimum absolute atomic E-state index is 0.138. The standard InChI is InChI=1S/C30H42N8O12/c1-13-15(3)37(9-17(41)23(45)19(43)11-39)25-21(31-13)27(47)35(29(49)33-25)7-5-6-8-36-28(48)22-26(34-30(36)50)38(16(4)14(2)32-22)10-18(42)24(46)20(44)12-40/h17-20,23-24,39-46H,5-12H2,1-4H3/t17-,18-,19+,20+,23-,24-/m0/s1. The molecule has 0 radical (unpaired) electrons. The first kappa shape index (κ1) is 38.5. The van der Waals surface area contributed by atoms with E-state index in [1.54, 1.807) is 27.7 Å². The van der Waals surface area contributed by atoms with E-state index in [4.69, 9.17) is 10.2 Å². The zero-order valence-corrected chi connectivity index (χ0v) is 27.9. The molecule has 0 amide bonds. The second-order valence-electron chi connectivity index (χ2n) is 12.2. The van der Waals surface area contributed by atoms with Crippen LogP contribution in [0.15, 0.2) is 19.2 Å². The fraction of sp³-hybridized carbons (Fsp3) is 0.600. The molecule has 0 fully saturated rings. The van der Waals surface area contributed by atoms with E-state index in [1.165, 1.54) is 9.13 Å². The summed E-state index contributed by atoms with van der Waals surface area (Å²) in [6.07, 6.45) is -9.64. The van der Waals surface area contributed by atoms with Gasteiger partial charge in [0.15, 0.2) is 23.0 Å². The Bertz CT molecular complexity index is 1860. The number of aryl methyl sites for hydroxylation is 2. The lowest BCUT2D eigenvalue weighted by atomic mass is 10.1. The highest BCUT2D eigenvalue weighted by Gasteiger charge is 2.30. The Balaban J connectivity index is 1.58. The zero-order valence-electron chi connectivity index (χ0n) is 27.9. The minimum Gasteiger partial charge on any atom is -0.394 e. The van der Waals surface area contributed by atoms with Gasteiger partial charge in [0.2, 0.25) is 0 Å². The molecule has 4 aliphatic heterocycles. The molecule has 4 aliphatic rings. The van der Waals surface area contributed by atoms with Crippen LogP contribution in [0.5, 0.6) is 0 Å². The predicted octanol–water partition coefficient (Wildman–Crippen LogP) is -5.01. The van der Waals surface area contributed by atoms with Crippen molar-refractivity contribution in [1.82, 2.24) is 38.2 Å². The smallest absolute Gasteiger partial charge is 0.352 e. The van der Waals surface area contributed by atoms with Crippen molar-refractivity contribution in [1.29, 1.82) is 0 Å². The molecule has 0 spiro atoms. The fourth-order valence-corrected chi connectivity index (χ4v) is 5.51. The highest BCUT2D eigenvalue weighted by Crippen LogP contribution is 2.20. The van der Waals surface area contributed by atoms with Crippen LogP contribution in [-0.4, -0.2) is 129 Å². The average Bonchev–Trinajstić information content (AvgIpc) is 3.09. The Morgan fingerprint density at radius 2 is 0.860 bits per heavy atom. The third-order valence-corrected chi connectivity index (χ3v) is 8.82. The lowest BCUT2D eigenvalue weighted by Gasteiger charge is -2.26. The van der Waals surface area contributed by atoms with E-state index in [2.05, 4.69) is 19.9 Å². The summed E-state index contributed by atoms with van der Waals surface area (Å²) in [7, 11) is 0. The van der Waals surface area contributed by atoms with Gasteiger partial charge in [-0.1, -0.05) is 0 Å². The number of hydrogen-bond donors (Lipinski definition) is 8. The SMILES string of the molecule is Cc1nc2c(=O)n(CCCCn3c(=O)nc4n(C[C@H](O)[C@H](O)[C@H](O)CO)c(C)c(C)nc-4c3=O)c(=O)nc-2n(C[C@H](O)[C@H](O)[C@H](O)CO)c1C. The van der Waals surface area contributed by atoms with Gasteiger partial charge in [0, 0.05) is 24.5 Å². The molecule has 4 heterocycles. The van der Waals surface area contributed by atoms with Gasteiger partial charge in [-0.2, -0.15) is 9.97 Å². The lowest BCUT2D eigenvalue weighted by Crippen LogP contribution is -2.44. The summed E-state index contributed by atoms with van der Waals surface area (Å²) in [6.45, 7) is 3.71. The number of aliphatic hydroxyl groups is 8.